The molecule has 0 unspecified atom stereocenters. The monoisotopic (exact) mass is 364 g/mol. The van der Waals surface area contributed by atoms with Crippen LogP contribution in [0, 0.1) is 0 Å². The Bertz CT molecular complexity index is 627. The van der Waals surface area contributed by atoms with Gasteiger partial charge in [0.15, 0.2) is 0 Å². The zero-order valence-electron chi connectivity index (χ0n) is 15.3. The highest BCUT2D eigenvalue weighted by molar-refractivity contribution is 7.95. The van der Waals surface area contributed by atoms with Crippen molar-refractivity contribution < 1.29 is 9.47 Å². The molecule has 0 saturated heterocycles. The summed E-state index contributed by atoms with van der Waals surface area (Å²) in [6.07, 6.45) is 0. The predicted molar refractivity (Wildman–Crippen MR) is 106 cm³/mol. The van der Waals surface area contributed by atoms with Gasteiger partial charge in [0.25, 0.3) is 0 Å². The fourth-order valence-electron chi connectivity index (χ4n) is 2.19. The van der Waals surface area contributed by atoms with Crippen LogP contribution in [0.25, 0.3) is 0 Å². The zero-order valence-corrected chi connectivity index (χ0v) is 16.9. The van der Waals surface area contributed by atoms with Gasteiger partial charge in [0.05, 0.1) is 7.27 Å². The Kier molecular flexibility index (Phi) is 5.83. The highest BCUT2D eigenvalue weighted by atomic mass is 35.7. The number of hydrogen-bond acceptors (Lipinski definition) is 2. The Balaban J connectivity index is 2.24. The molecule has 24 heavy (non-hydrogen) atoms. The normalized spacial score (nSPS) is 12.3. The summed E-state index contributed by atoms with van der Waals surface area (Å²) in [5.74, 6) is 1.69. The summed E-state index contributed by atoms with van der Waals surface area (Å²) in [4.78, 5) is 0. The van der Waals surface area contributed by atoms with Crippen LogP contribution in [0.15, 0.2) is 48.5 Å². The van der Waals surface area contributed by atoms with Crippen LogP contribution < -0.4 is 20.1 Å². The summed E-state index contributed by atoms with van der Waals surface area (Å²) in [7, 11) is -0.974. The van der Waals surface area contributed by atoms with Gasteiger partial charge in [-0.1, -0.05) is 35.5 Å². The number of benzene rings is 2. The van der Waals surface area contributed by atoms with Crippen molar-refractivity contribution in [1.29, 1.82) is 0 Å². The van der Waals surface area contributed by atoms with E-state index in [9.17, 15) is 0 Å². The van der Waals surface area contributed by atoms with E-state index < -0.39 is 7.27 Å². The minimum absolute atomic E-state index is 0.228. The second kappa shape index (κ2) is 7.33. The summed E-state index contributed by atoms with van der Waals surface area (Å²) in [5.41, 5.74) is -0.456. The van der Waals surface area contributed by atoms with Crippen molar-refractivity contribution in [2.45, 2.75) is 52.7 Å². The first-order valence-corrected chi connectivity index (χ1v) is 10.3. The molecule has 0 saturated carbocycles. The van der Waals surface area contributed by atoms with Crippen LogP contribution in [0.4, 0.5) is 0 Å². The molecule has 0 fully saturated rings. The molecule has 0 aliphatic rings. The van der Waals surface area contributed by atoms with Crippen molar-refractivity contribution in [2.24, 2.45) is 0 Å². The number of ether oxygens (including phenoxy) is 2. The van der Waals surface area contributed by atoms with Gasteiger partial charge in [-0.15, -0.1) is 0 Å². The summed E-state index contributed by atoms with van der Waals surface area (Å²) in [5, 5.41) is 2.14. The van der Waals surface area contributed by atoms with Crippen molar-refractivity contribution in [1.82, 2.24) is 0 Å². The molecule has 4 heteroatoms. The molecule has 0 bridgehead atoms. The molecule has 0 amide bonds. The van der Waals surface area contributed by atoms with Crippen LogP contribution in [0.1, 0.15) is 41.5 Å². The second-order valence-electron chi connectivity index (χ2n) is 7.70. The van der Waals surface area contributed by atoms with Crippen LogP contribution in [-0.4, -0.2) is 11.2 Å². The molecule has 0 aromatic heterocycles. The molecule has 0 heterocycles. The van der Waals surface area contributed by atoms with Crippen molar-refractivity contribution in [2.75, 3.05) is 0 Å². The van der Waals surface area contributed by atoms with Crippen LogP contribution in [0.3, 0.4) is 0 Å². The first-order valence-electron chi connectivity index (χ1n) is 8.08. The van der Waals surface area contributed by atoms with Gasteiger partial charge >= 0.3 is 0 Å². The maximum atomic E-state index is 6.77. The van der Waals surface area contributed by atoms with Crippen molar-refractivity contribution in [3.8, 4) is 11.5 Å². The van der Waals surface area contributed by atoms with Gasteiger partial charge in [0, 0.05) is 0 Å². The van der Waals surface area contributed by atoms with E-state index in [1.165, 1.54) is 0 Å². The van der Waals surface area contributed by atoms with Crippen LogP contribution in [-0.2, 0) is 0 Å². The van der Waals surface area contributed by atoms with E-state index in [1.54, 1.807) is 0 Å². The molecule has 0 radical (unpaired) electrons. The molecule has 0 spiro atoms. The molecule has 0 aliphatic carbocycles. The third kappa shape index (κ3) is 6.00. The molecular weight excluding hydrogens is 339 g/mol. The molecule has 2 aromatic rings. The maximum Gasteiger partial charge on any atom is 0.120 e. The number of halogens is 1. The molecule has 0 aliphatic heterocycles. The van der Waals surface area contributed by atoms with E-state index in [1.807, 2.05) is 90.1 Å². The largest absolute Gasteiger partial charge is 0.488 e. The SMILES string of the molecule is CC(C)(C)Oc1cccc(P(Cl)c2cccc(OC(C)(C)C)c2)c1. The van der Waals surface area contributed by atoms with Crippen LogP contribution >= 0.6 is 18.5 Å². The average molecular weight is 365 g/mol. The summed E-state index contributed by atoms with van der Waals surface area (Å²) >= 11 is 6.77. The fraction of sp³-hybridized carbons (Fsp3) is 0.400. The van der Waals surface area contributed by atoms with Crippen LogP contribution in [0.2, 0.25) is 0 Å². The number of hydrogen-bond donors (Lipinski definition) is 0. The lowest BCUT2D eigenvalue weighted by Crippen LogP contribution is -2.24. The Morgan fingerprint density at radius 1 is 0.708 bits per heavy atom. The Morgan fingerprint density at radius 2 is 1.08 bits per heavy atom. The molecule has 2 nitrogen and oxygen atoms in total. The predicted octanol–water partition coefficient (Wildman–Crippen LogP) is 5.63. The first-order chi connectivity index (χ1) is 11.0. The molecule has 2 aromatic carbocycles. The summed E-state index contributed by atoms with van der Waals surface area (Å²) in [6, 6.07) is 16.1. The fourth-order valence-corrected chi connectivity index (χ4v) is 4.04. The molecule has 2 rings (SSSR count). The van der Waals surface area contributed by atoms with Crippen molar-refractivity contribution >= 4 is 29.1 Å². The quantitative estimate of drug-likeness (QED) is 0.655. The Morgan fingerprint density at radius 3 is 1.42 bits per heavy atom. The lowest BCUT2D eigenvalue weighted by Gasteiger charge is -2.23. The van der Waals surface area contributed by atoms with E-state index in [0.717, 1.165) is 22.1 Å². The van der Waals surface area contributed by atoms with Crippen molar-refractivity contribution in [3.05, 3.63) is 48.5 Å². The second-order valence-corrected chi connectivity index (χ2v) is 10.3. The third-order valence-electron chi connectivity index (χ3n) is 2.94. The minimum Gasteiger partial charge on any atom is -0.488 e. The highest BCUT2D eigenvalue weighted by Gasteiger charge is 2.17. The van der Waals surface area contributed by atoms with E-state index >= 15 is 0 Å². The molecule has 130 valence electrons. The molecule has 0 atom stereocenters. The van der Waals surface area contributed by atoms with E-state index in [4.69, 9.17) is 20.7 Å². The lowest BCUT2D eigenvalue weighted by atomic mass is 10.2. The van der Waals surface area contributed by atoms with Gasteiger partial charge in [-0.25, -0.2) is 0 Å². The highest BCUT2D eigenvalue weighted by Crippen LogP contribution is 2.40. The zero-order chi connectivity index (χ0) is 18.0. The third-order valence-corrected chi connectivity index (χ3v) is 5.57. The Labute approximate surface area is 151 Å². The van der Waals surface area contributed by atoms with Gasteiger partial charge in [-0.3, -0.25) is 0 Å². The maximum absolute atomic E-state index is 6.77. The smallest absolute Gasteiger partial charge is 0.120 e. The number of rotatable bonds is 4. The summed E-state index contributed by atoms with van der Waals surface area (Å²) < 4.78 is 11.9. The van der Waals surface area contributed by atoms with Gasteiger partial charge in [0.2, 0.25) is 0 Å². The van der Waals surface area contributed by atoms with Gasteiger partial charge in [0.1, 0.15) is 22.7 Å². The average Bonchev–Trinajstić information content (AvgIpc) is 2.43. The topological polar surface area (TPSA) is 18.5 Å². The summed E-state index contributed by atoms with van der Waals surface area (Å²) in [6.45, 7) is 12.2. The molecular formula is C20H26ClO2P. The molecule has 0 N–H and O–H groups in total. The van der Waals surface area contributed by atoms with E-state index in [2.05, 4.69) is 0 Å². The van der Waals surface area contributed by atoms with E-state index in [-0.39, 0.29) is 11.2 Å². The van der Waals surface area contributed by atoms with E-state index in [0.29, 0.717) is 0 Å². The van der Waals surface area contributed by atoms with Crippen LogP contribution in [0.5, 0.6) is 11.5 Å². The van der Waals surface area contributed by atoms with Crippen molar-refractivity contribution in [3.63, 3.8) is 0 Å². The van der Waals surface area contributed by atoms with Gasteiger partial charge in [-0.05, 0) is 76.4 Å². The Hall–Kier alpha value is -1.24. The lowest BCUT2D eigenvalue weighted by molar-refractivity contribution is 0.130. The first kappa shape index (κ1) is 19.1. The van der Waals surface area contributed by atoms with Gasteiger partial charge in [-0.2, -0.15) is 0 Å². The standard InChI is InChI=1S/C20H26ClO2P/c1-19(2,3)22-15-9-7-11-17(13-15)24(21)18-12-8-10-16(14-18)23-20(4,5)6/h7-14H,1-6H3. The minimum atomic E-state index is -0.974. The van der Waals surface area contributed by atoms with Gasteiger partial charge < -0.3 is 9.47 Å².